The highest BCUT2D eigenvalue weighted by Crippen LogP contribution is 2.35. The average molecular weight is 454 g/mol. The Morgan fingerprint density at radius 1 is 1.03 bits per heavy atom. The van der Waals surface area contributed by atoms with Gasteiger partial charge in [0.15, 0.2) is 5.82 Å². The summed E-state index contributed by atoms with van der Waals surface area (Å²) >= 11 is 0. The fraction of sp³-hybridized carbons (Fsp3) is 0.150. The van der Waals surface area contributed by atoms with Crippen LogP contribution in [0.1, 0.15) is 5.56 Å². The summed E-state index contributed by atoms with van der Waals surface area (Å²) < 4.78 is 72.2. The van der Waals surface area contributed by atoms with Crippen LogP contribution in [0.5, 0.6) is 11.6 Å². The number of benzene rings is 2. The normalized spacial score (nSPS) is 11.2. The third kappa shape index (κ3) is 5.80. The number of urea groups is 1. The molecule has 0 radical (unpaired) electrons. The molecule has 0 aliphatic heterocycles. The molecular weight excluding hydrogens is 439 g/mol. The van der Waals surface area contributed by atoms with E-state index < -0.39 is 30.3 Å². The minimum Gasteiger partial charge on any atom is -0.480 e. The van der Waals surface area contributed by atoms with Gasteiger partial charge >= 0.3 is 18.8 Å². The zero-order valence-corrected chi connectivity index (χ0v) is 16.3. The molecule has 2 aromatic carbocycles. The first-order valence-electron chi connectivity index (χ1n) is 8.87. The molecule has 7 nitrogen and oxygen atoms in total. The average Bonchev–Trinajstić information content (AvgIpc) is 2.74. The molecular formula is C20H15F5N4O3. The Bertz CT molecular complexity index is 1090. The van der Waals surface area contributed by atoms with Gasteiger partial charge in [0.2, 0.25) is 5.88 Å². The lowest BCUT2D eigenvalue weighted by Gasteiger charge is -2.12. The van der Waals surface area contributed by atoms with Crippen molar-refractivity contribution in [2.45, 2.75) is 12.8 Å². The van der Waals surface area contributed by atoms with Gasteiger partial charge in [0.05, 0.1) is 7.11 Å². The van der Waals surface area contributed by atoms with E-state index in [-0.39, 0.29) is 11.6 Å². The quantitative estimate of drug-likeness (QED) is 0.486. The third-order valence-corrected chi connectivity index (χ3v) is 3.97. The number of aromatic nitrogens is 2. The van der Waals surface area contributed by atoms with E-state index in [0.717, 1.165) is 7.11 Å². The summed E-state index contributed by atoms with van der Waals surface area (Å²) in [6.45, 7) is -2.96. The van der Waals surface area contributed by atoms with E-state index >= 15 is 0 Å². The van der Waals surface area contributed by atoms with Crippen LogP contribution in [0.4, 0.5) is 38.1 Å². The first kappa shape index (κ1) is 22.7. The zero-order valence-electron chi connectivity index (χ0n) is 16.3. The molecule has 2 amide bonds. The van der Waals surface area contributed by atoms with Crippen LogP contribution >= 0.6 is 0 Å². The van der Waals surface area contributed by atoms with Crippen molar-refractivity contribution in [3.63, 3.8) is 0 Å². The molecule has 3 aromatic rings. The molecule has 2 N–H and O–H groups in total. The maximum absolute atomic E-state index is 13.0. The zero-order chi connectivity index (χ0) is 23.3. The number of alkyl halides is 5. The third-order valence-electron chi connectivity index (χ3n) is 3.97. The molecule has 32 heavy (non-hydrogen) atoms. The molecule has 0 aliphatic rings. The number of methoxy groups -OCH3 is 1. The van der Waals surface area contributed by atoms with Crippen LogP contribution in [0.15, 0.2) is 54.7 Å². The number of amides is 2. The van der Waals surface area contributed by atoms with E-state index in [0.29, 0.717) is 23.1 Å². The summed E-state index contributed by atoms with van der Waals surface area (Å²) in [7, 11) is 1.07. The summed E-state index contributed by atoms with van der Waals surface area (Å²) in [6, 6.07) is 10.7. The Kier molecular flexibility index (Phi) is 6.71. The largest absolute Gasteiger partial charge is 0.480 e. The second-order valence-corrected chi connectivity index (χ2v) is 6.18. The van der Waals surface area contributed by atoms with E-state index in [1.807, 2.05) is 0 Å². The van der Waals surface area contributed by atoms with Gasteiger partial charge in [-0.05, 0) is 36.4 Å². The molecule has 3 rings (SSSR count). The Hall–Kier alpha value is -3.96. The van der Waals surface area contributed by atoms with Crippen molar-refractivity contribution in [3.8, 4) is 23.0 Å². The fourth-order valence-corrected chi connectivity index (χ4v) is 2.60. The molecule has 0 unspecified atom stereocenters. The van der Waals surface area contributed by atoms with Crippen LogP contribution in [-0.4, -0.2) is 29.7 Å². The summed E-state index contributed by atoms with van der Waals surface area (Å²) in [5.74, 6) is -0.725. The number of hydrogen-bond acceptors (Lipinski definition) is 5. The molecule has 0 fully saturated rings. The second kappa shape index (κ2) is 9.45. The van der Waals surface area contributed by atoms with Crippen LogP contribution in [0.2, 0.25) is 0 Å². The number of carbonyl (C=O) groups excluding carboxylic acids is 1. The van der Waals surface area contributed by atoms with Crippen molar-refractivity contribution in [2.24, 2.45) is 0 Å². The lowest BCUT2D eigenvalue weighted by molar-refractivity contribution is -0.139. The van der Waals surface area contributed by atoms with Crippen molar-refractivity contribution in [1.82, 2.24) is 9.97 Å². The van der Waals surface area contributed by atoms with Crippen molar-refractivity contribution in [2.75, 3.05) is 17.7 Å². The highest BCUT2D eigenvalue weighted by atomic mass is 19.4. The maximum Gasteiger partial charge on any atom is 0.423 e. The smallest absolute Gasteiger partial charge is 0.423 e. The lowest BCUT2D eigenvalue weighted by atomic mass is 10.2. The Balaban J connectivity index is 1.72. The van der Waals surface area contributed by atoms with Crippen LogP contribution in [0.3, 0.4) is 0 Å². The summed E-state index contributed by atoms with van der Waals surface area (Å²) in [6.07, 6.45) is -4.05. The van der Waals surface area contributed by atoms with Gasteiger partial charge in [0, 0.05) is 23.1 Å². The van der Waals surface area contributed by atoms with Gasteiger partial charge in [-0.25, -0.2) is 9.78 Å². The number of anilines is 2. The molecule has 0 saturated heterocycles. The Morgan fingerprint density at radius 2 is 1.72 bits per heavy atom. The van der Waals surface area contributed by atoms with Crippen LogP contribution in [0.25, 0.3) is 11.4 Å². The molecule has 168 valence electrons. The predicted molar refractivity (Wildman–Crippen MR) is 105 cm³/mol. The van der Waals surface area contributed by atoms with Gasteiger partial charge in [-0.15, -0.1) is 0 Å². The highest BCUT2D eigenvalue weighted by Gasteiger charge is 2.36. The van der Waals surface area contributed by atoms with E-state index in [2.05, 4.69) is 25.3 Å². The standard InChI is InChI=1S/C20H15F5N4O3/c1-31-17-15(20(23,24)25)10-26-16(29-17)11-3-2-4-13(9-11)28-19(30)27-12-5-7-14(8-6-12)32-18(21)22/h2-10,18H,1H3,(H2,27,28,30). The Morgan fingerprint density at radius 3 is 2.34 bits per heavy atom. The second-order valence-electron chi connectivity index (χ2n) is 6.18. The van der Waals surface area contributed by atoms with Gasteiger partial charge in [-0.2, -0.15) is 26.9 Å². The Labute approximate surface area is 178 Å². The molecule has 0 aliphatic carbocycles. The van der Waals surface area contributed by atoms with Gasteiger partial charge in [0.1, 0.15) is 11.3 Å². The van der Waals surface area contributed by atoms with Crippen LogP contribution < -0.4 is 20.1 Å². The van der Waals surface area contributed by atoms with Crippen molar-refractivity contribution in [3.05, 3.63) is 60.3 Å². The molecule has 0 atom stereocenters. The molecule has 0 saturated carbocycles. The molecule has 0 spiro atoms. The topological polar surface area (TPSA) is 85.4 Å². The summed E-state index contributed by atoms with van der Waals surface area (Å²) in [4.78, 5) is 19.7. The van der Waals surface area contributed by atoms with Crippen LogP contribution in [0, 0.1) is 0 Å². The summed E-state index contributed by atoms with van der Waals surface area (Å²) in [5.41, 5.74) is -0.151. The number of rotatable bonds is 6. The number of halogens is 5. The summed E-state index contributed by atoms with van der Waals surface area (Å²) in [5, 5.41) is 5.05. The molecule has 1 heterocycles. The van der Waals surface area contributed by atoms with Crippen molar-refractivity contribution in [1.29, 1.82) is 0 Å². The maximum atomic E-state index is 13.0. The molecule has 0 bridgehead atoms. The number of carbonyl (C=O) groups is 1. The first-order valence-corrected chi connectivity index (χ1v) is 8.87. The van der Waals surface area contributed by atoms with Gasteiger partial charge in [-0.3, -0.25) is 0 Å². The number of nitrogens with zero attached hydrogens (tertiary/aromatic N) is 2. The van der Waals surface area contributed by atoms with Crippen molar-refractivity contribution >= 4 is 17.4 Å². The van der Waals surface area contributed by atoms with E-state index in [1.165, 1.54) is 30.3 Å². The molecule has 12 heteroatoms. The lowest BCUT2D eigenvalue weighted by Crippen LogP contribution is -2.19. The van der Waals surface area contributed by atoms with Crippen molar-refractivity contribution < 1.29 is 36.2 Å². The highest BCUT2D eigenvalue weighted by molar-refractivity contribution is 6.00. The monoisotopic (exact) mass is 454 g/mol. The van der Waals surface area contributed by atoms with Gasteiger partial charge < -0.3 is 20.1 Å². The first-order chi connectivity index (χ1) is 15.2. The fourth-order valence-electron chi connectivity index (χ4n) is 2.60. The predicted octanol–water partition coefficient (Wildman–Crippen LogP) is 5.42. The molecule has 1 aromatic heterocycles. The van der Waals surface area contributed by atoms with Gasteiger partial charge in [-0.1, -0.05) is 12.1 Å². The van der Waals surface area contributed by atoms with E-state index in [4.69, 9.17) is 4.74 Å². The minimum absolute atomic E-state index is 0.0338. The number of hydrogen-bond donors (Lipinski definition) is 2. The number of ether oxygens (including phenoxy) is 2. The van der Waals surface area contributed by atoms with Gasteiger partial charge in [0.25, 0.3) is 0 Å². The SMILES string of the molecule is COc1nc(-c2cccc(NC(=O)Nc3ccc(OC(F)F)cc3)c2)ncc1C(F)(F)F. The minimum atomic E-state index is -4.67. The number of nitrogens with one attached hydrogen (secondary N) is 2. The van der Waals surface area contributed by atoms with E-state index in [9.17, 15) is 26.7 Å². The van der Waals surface area contributed by atoms with E-state index in [1.54, 1.807) is 18.2 Å². The van der Waals surface area contributed by atoms with Crippen LogP contribution in [-0.2, 0) is 6.18 Å².